The number of carbonyl (C=O) groups is 1. The molecule has 140 valence electrons. The van der Waals surface area contributed by atoms with Gasteiger partial charge in [-0.3, -0.25) is 0 Å². The summed E-state index contributed by atoms with van der Waals surface area (Å²) in [5, 5.41) is 5.87. The number of carbonyl (C=O) groups excluding carboxylic acids is 1. The Balaban J connectivity index is 1.58. The summed E-state index contributed by atoms with van der Waals surface area (Å²) in [5.41, 5.74) is 0. The first kappa shape index (κ1) is 17.5. The van der Waals surface area contributed by atoms with Crippen LogP contribution in [0, 0.1) is 0 Å². The van der Waals surface area contributed by atoms with Crippen LogP contribution in [0.5, 0.6) is 11.5 Å². The van der Waals surface area contributed by atoms with E-state index in [9.17, 15) is 4.79 Å². The highest BCUT2D eigenvalue weighted by molar-refractivity contribution is 6.31. The van der Waals surface area contributed by atoms with Gasteiger partial charge in [-0.05, 0) is 40.4 Å². The molecule has 0 N–H and O–H groups in total. The van der Waals surface area contributed by atoms with Gasteiger partial charge in [0, 0.05) is 21.2 Å². The van der Waals surface area contributed by atoms with Crippen LogP contribution >= 0.6 is 11.6 Å². The third kappa shape index (κ3) is 3.26. The van der Waals surface area contributed by atoms with E-state index in [1.54, 1.807) is 12.1 Å². The lowest BCUT2D eigenvalue weighted by atomic mass is 10.0. The van der Waals surface area contributed by atoms with Crippen LogP contribution in [0.1, 0.15) is 0 Å². The Hall–Kier alpha value is -3.56. The van der Waals surface area contributed by atoms with Crippen LogP contribution in [-0.2, 0) is 0 Å². The predicted molar refractivity (Wildman–Crippen MR) is 117 cm³/mol. The van der Waals surface area contributed by atoms with E-state index < -0.39 is 6.16 Å². The maximum Gasteiger partial charge on any atom is 0.519 e. The van der Waals surface area contributed by atoms with E-state index in [1.165, 1.54) is 0 Å². The van der Waals surface area contributed by atoms with Gasteiger partial charge >= 0.3 is 6.16 Å². The van der Waals surface area contributed by atoms with Crippen molar-refractivity contribution in [3.8, 4) is 11.5 Å². The molecule has 5 aromatic carbocycles. The minimum atomic E-state index is -0.793. The number of halogens is 1. The fourth-order valence-corrected chi connectivity index (χ4v) is 3.75. The van der Waals surface area contributed by atoms with Gasteiger partial charge in [-0.25, -0.2) is 4.79 Å². The van der Waals surface area contributed by atoms with Gasteiger partial charge < -0.3 is 9.47 Å². The van der Waals surface area contributed by atoms with Crippen molar-refractivity contribution in [2.75, 3.05) is 0 Å². The molecule has 0 aliphatic rings. The molecule has 0 heterocycles. The highest BCUT2D eigenvalue weighted by Gasteiger charge is 2.16. The summed E-state index contributed by atoms with van der Waals surface area (Å²) in [5.74, 6) is 0.890. The van der Waals surface area contributed by atoms with Crippen molar-refractivity contribution in [3.05, 3.63) is 96.0 Å². The zero-order valence-electron chi connectivity index (χ0n) is 15.3. The number of ether oxygens (including phenoxy) is 2. The van der Waals surface area contributed by atoms with E-state index >= 15 is 0 Å². The molecule has 0 unspecified atom stereocenters. The Kier molecular flexibility index (Phi) is 4.30. The van der Waals surface area contributed by atoms with Gasteiger partial charge in [0.1, 0.15) is 11.5 Å². The zero-order valence-corrected chi connectivity index (χ0v) is 16.0. The number of fused-ring (bicyclic) bond motifs is 3. The summed E-state index contributed by atoms with van der Waals surface area (Å²) < 4.78 is 11.3. The van der Waals surface area contributed by atoms with E-state index in [0.717, 1.165) is 32.3 Å². The SMILES string of the molecule is O=C(Oc1cccc2ccccc12)Oc1c2ccccc2cc2ccc(Cl)cc12. The van der Waals surface area contributed by atoms with E-state index in [2.05, 4.69) is 0 Å². The summed E-state index contributed by atoms with van der Waals surface area (Å²) in [6.45, 7) is 0. The van der Waals surface area contributed by atoms with Crippen molar-refractivity contribution >= 4 is 50.1 Å². The third-order valence-electron chi connectivity index (χ3n) is 4.90. The molecule has 0 fully saturated rings. The summed E-state index contributed by atoms with van der Waals surface area (Å²) in [4.78, 5) is 12.7. The van der Waals surface area contributed by atoms with Crippen molar-refractivity contribution in [1.82, 2.24) is 0 Å². The van der Waals surface area contributed by atoms with Crippen molar-refractivity contribution in [2.24, 2.45) is 0 Å². The van der Waals surface area contributed by atoms with Gasteiger partial charge in [0.15, 0.2) is 0 Å². The minimum absolute atomic E-state index is 0.436. The number of benzene rings is 5. The normalized spacial score (nSPS) is 11.1. The monoisotopic (exact) mass is 398 g/mol. The van der Waals surface area contributed by atoms with Crippen LogP contribution in [0.4, 0.5) is 4.79 Å². The zero-order chi connectivity index (χ0) is 19.8. The summed E-state index contributed by atoms with van der Waals surface area (Å²) in [6, 6.07) is 28.6. The second-order valence-electron chi connectivity index (χ2n) is 6.72. The fourth-order valence-electron chi connectivity index (χ4n) is 3.58. The summed E-state index contributed by atoms with van der Waals surface area (Å²) >= 11 is 6.20. The molecule has 0 amide bonds. The minimum Gasteiger partial charge on any atom is -0.394 e. The van der Waals surface area contributed by atoms with Crippen molar-refractivity contribution < 1.29 is 14.3 Å². The van der Waals surface area contributed by atoms with E-state index in [-0.39, 0.29) is 0 Å². The molecule has 0 saturated carbocycles. The fraction of sp³-hybridized carbons (Fsp3) is 0. The van der Waals surface area contributed by atoms with Crippen molar-refractivity contribution in [1.29, 1.82) is 0 Å². The topological polar surface area (TPSA) is 35.5 Å². The number of hydrogen-bond acceptors (Lipinski definition) is 3. The average molecular weight is 399 g/mol. The standard InChI is InChI=1S/C25H15ClO3/c26-19-13-12-18-14-17-7-2-4-10-21(17)24(22(18)15-19)29-25(27)28-23-11-5-8-16-6-1-3-9-20(16)23/h1-15H. The van der Waals surface area contributed by atoms with Crippen LogP contribution in [0.2, 0.25) is 5.02 Å². The van der Waals surface area contributed by atoms with Crippen molar-refractivity contribution in [3.63, 3.8) is 0 Å². The highest BCUT2D eigenvalue weighted by atomic mass is 35.5. The average Bonchev–Trinajstić information content (AvgIpc) is 2.74. The second-order valence-corrected chi connectivity index (χ2v) is 7.16. The molecule has 0 atom stereocenters. The molecule has 0 aliphatic carbocycles. The van der Waals surface area contributed by atoms with Gasteiger partial charge in [-0.2, -0.15) is 0 Å². The Bertz CT molecular complexity index is 1390. The molecular formula is C25H15ClO3. The first-order valence-corrected chi connectivity index (χ1v) is 9.55. The molecule has 29 heavy (non-hydrogen) atoms. The first-order chi connectivity index (χ1) is 14.2. The van der Waals surface area contributed by atoms with Crippen LogP contribution in [0.15, 0.2) is 91.0 Å². The summed E-state index contributed by atoms with van der Waals surface area (Å²) in [6.07, 6.45) is -0.793. The van der Waals surface area contributed by atoms with Gasteiger partial charge in [0.05, 0.1) is 0 Å². The van der Waals surface area contributed by atoms with E-state index in [4.69, 9.17) is 21.1 Å². The highest BCUT2D eigenvalue weighted by Crippen LogP contribution is 2.37. The smallest absolute Gasteiger partial charge is 0.394 e. The molecule has 0 spiro atoms. The number of hydrogen-bond donors (Lipinski definition) is 0. The van der Waals surface area contributed by atoms with Crippen LogP contribution in [-0.4, -0.2) is 6.16 Å². The van der Waals surface area contributed by atoms with Crippen molar-refractivity contribution in [2.45, 2.75) is 0 Å². The quantitative estimate of drug-likeness (QED) is 0.177. The lowest BCUT2D eigenvalue weighted by molar-refractivity contribution is 0.153. The van der Waals surface area contributed by atoms with Gasteiger partial charge in [-0.1, -0.05) is 78.3 Å². The predicted octanol–water partition coefficient (Wildman–Crippen LogP) is 7.38. The molecule has 0 radical (unpaired) electrons. The Labute approximate surface area is 172 Å². The van der Waals surface area contributed by atoms with E-state index in [0.29, 0.717) is 16.5 Å². The molecule has 0 saturated heterocycles. The lowest BCUT2D eigenvalue weighted by Gasteiger charge is -2.13. The first-order valence-electron chi connectivity index (χ1n) is 9.17. The Morgan fingerprint density at radius 1 is 0.621 bits per heavy atom. The second kappa shape index (κ2) is 7.12. The molecule has 5 rings (SSSR count). The van der Waals surface area contributed by atoms with Gasteiger partial charge in [-0.15, -0.1) is 0 Å². The van der Waals surface area contributed by atoms with E-state index in [1.807, 2.05) is 78.9 Å². The number of rotatable bonds is 2. The van der Waals surface area contributed by atoms with Gasteiger partial charge in [0.2, 0.25) is 0 Å². The molecule has 3 nitrogen and oxygen atoms in total. The van der Waals surface area contributed by atoms with Crippen LogP contribution in [0.3, 0.4) is 0 Å². The maximum absolute atomic E-state index is 12.7. The molecule has 5 aromatic rings. The van der Waals surface area contributed by atoms with Gasteiger partial charge in [0.25, 0.3) is 0 Å². The van der Waals surface area contributed by atoms with Crippen LogP contribution in [0.25, 0.3) is 32.3 Å². The summed E-state index contributed by atoms with van der Waals surface area (Å²) in [7, 11) is 0. The molecule has 4 heteroatoms. The van der Waals surface area contributed by atoms with Crippen LogP contribution < -0.4 is 9.47 Å². The third-order valence-corrected chi connectivity index (χ3v) is 5.14. The molecule has 0 aromatic heterocycles. The molecule has 0 aliphatic heterocycles. The maximum atomic E-state index is 12.7. The Morgan fingerprint density at radius 2 is 1.31 bits per heavy atom. The lowest BCUT2D eigenvalue weighted by Crippen LogP contribution is -2.14. The largest absolute Gasteiger partial charge is 0.519 e. The molecule has 0 bridgehead atoms. The Morgan fingerprint density at radius 3 is 2.17 bits per heavy atom. The molecular weight excluding hydrogens is 384 g/mol.